The lowest BCUT2D eigenvalue weighted by molar-refractivity contribution is -0.140. The molecule has 2 aromatic rings. The average molecular weight is 419 g/mol. The quantitative estimate of drug-likeness (QED) is 0.293. The third kappa shape index (κ3) is 8.45. The van der Waals surface area contributed by atoms with E-state index in [4.69, 9.17) is 19.3 Å². The summed E-state index contributed by atoms with van der Waals surface area (Å²) in [6, 6.07) is 16.1. The van der Waals surface area contributed by atoms with Crippen LogP contribution in [-0.4, -0.2) is 42.7 Å². The van der Waals surface area contributed by atoms with E-state index >= 15 is 0 Å². The van der Waals surface area contributed by atoms with Crippen molar-refractivity contribution in [3.63, 3.8) is 0 Å². The molecule has 2 rings (SSSR count). The maximum atomic E-state index is 12.3. The third-order valence-corrected chi connectivity index (χ3v) is 4.14. The van der Waals surface area contributed by atoms with Crippen molar-refractivity contribution in [2.24, 2.45) is 0 Å². The largest absolute Gasteiger partial charge is 0.491 e. The van der Waals surface area contributed by atoms with Gasteiger partial charge in [0.15, 0.2) is 0 Å². The van der Waals surface area contributed by atoms with Crippen molar-refractivity contribution >= 4 is 30.4 Å². The molecule has 0 aliphatic rings. The number of carbonyl (C=O) groups excluding carboxylic acids is 2. The first-order valence-corrected chi connectivity index (χ1v) is 9.88. The van der Waals surface area contributed by atoms with E-state index in [0.29, 0.717) is 24.3 Å². The number of thiol groups is 1. The number of aliphatic hydroxyl groups excluding tert-OH is 1. The summed E-state index contributed by atoms with van der Waals surface area (Å²) in [7, 11) is 0. The Bertz CT molecular complexity index is 754. The Morgan fingerprint density at radius 2 is 1.76 bits per heavy atom. The van der Waals surface area contributed by atoms with E-state index in [1.165, 1.54) is 0 Å². The van der Waals surface area contributed by atoms with Gasteiger partial charge in [0.2, 0.25) is 0 Å². The zero-order valence-corrected chi connectivity index (χ0v) is 16.8. The minimum atomic E-state index is -0.575. The summed E-state index contributed by atoms with van der Waals surface area (Å²) in [4.78, 5) is 23.5. The van der Waals surface area contributed by atoms with Crippen LogP contribution in [0.5, 0.6) is 5.75 Å². The first-order valence-electron chi connectivity index (χ1n) is 9.25. The van der Waals surface area contributed by atoms with Gasteiger partial charge in [0.25, 0.3) is 0 Å². The van der Waals surface area contributed by atoms with E-state index in [9.17, 15) is 9.59 Å². The molecule has 0 bridgehead atoms. The predicted octanol–water partition coefficient (Wildman–Crippen LogP) is 3.60. The highest BCUT2D eigenvalue weighted by atomic mass is 32.1. The summed E-state index contributed by atoms with van der Waals surface area (Å²) < 4.78 is 16.0. The van der Waals surface area contributed by atoms with Crippen molar-refractivity contribution in [2.75, 3.05) is 30.9 Å². The molecule has 0 unspecified atom stereocenters. The molecule has 0 saturated heterocycles. The van der Waals surface area contributed by atoms with Crippen LogP contribution in [0, 0.1) is 0 Å². The number of esters is 1. The van der Waals surface area contributed by atoms with Crippen molar-refractivity contribution in [2.45, 2.75) is 18.9 Å². The summed E-state index contributed by atoms with van der Waals surface area (Å²) in [5.41, 5.74) is 1.41. The highest BCUT2D eigenvalue weighted by Gasteiger charge is 2.17. The number of aliphatic hydroxyl groups is 1. The number of anilines is 1. The van der Waals surface area contributed by atoms with Gasteiger partial charge < -0.3 is 19.3 Å². The predicted molar refractivity (Wildman–Crippen MR) is 112 cm³/mol. The highest BCUT2D eigenvalue weighted by Crippen LogP contribution is 2.26. The molecule has 0 fully saturated rings. The van der Waals surface area contributed by atoms with Gasteiger partial charge in [-0.25, -0.2) is 4.79 Å². The number of ether oxygens (including phenoxy) is 3. The number of carbonyl (C=O) groups is 2. The molecule has 156 valence electrons. The minimum absolute atomic E-state index is 0.0225. The van der Waals surface area contributed by atoms with E-state index in [2.05, 4.69) is 17.9 Å². The molecule has 0 radical (unpaired) electrons. The van der Waals surface area contributed by atoms with Crippen molar-refractivity contribution in [3.05, 3.63) is 60.2 Å². The number of benzene rings is 2. The Balaban J connectivity index is 1.99. The number of nitrogens with one attached hydrogen (secondary N) is 1. The van der Waals surface area contributed by atoms with Crippen LogP contribution in [0.15, 0.2) is 54.6 Å². The Kier molecular flexibility index (Phi) is 9.88. The molecule has 29 heavy (non-hydrogen) atoms. The topological polar surface area (TPSA) is 94.1 Å². The molecular formula is C21H25NO6S. The van der Waals surface area contributed by atoms with Crippen molar-refractivity contribution in [1.82, 2.24) is 0 Å². The van der Waals surface area contributed by atoms with Gasteiger partial charge in [-0.05, 0) is 42.7 Å². The van der Waals surface area contributed by atoms with Crippen LogP contribution in [-0.2, 0) is 14.3 Å². The number of para-hydroxylation sites is 1. The molecule has 0 aliphatic carbocycles. The van der Waals surface area contributed by atoms with Crippen LogP contribution in [0.25, 0.3) is 0 Å². The minimum Gasteiger partial charge on any atom is -0.491 e. The smallest absolute Gasteiger partial charge is 0.412 e. The molecular weight excluding hydrogens is 394 g/mol. The van der Waals surface area contributed by atoms with Crippen LogP contribution in [0.3, 0.4) is 0 Å². The zero-order valence-electron chi connectivity index (χ0n) is 16.0. The molecule has 7 nitrogen and oxygen atoms in total. The van der Waals surface area contributed by atoms with Gasteiger partial charge in [-0.15, -0.1) is 0 Å². The highest BCUT2D eigenvalue weighted by molar-refractivity contribution is 7.81. The Labute approximate surface area is 175 Å². The summed E-state index contributed by atoms with van der Waals surface area (Å²) in [5.74, 6) is 0.241. The second-order valence-electron chi connectivity index (χ2n) is 6.05. The molecule has 0 aliphatic heterocycles. The van der Waals surface area contributed by atoms with Crippen molar-refractivity contribution < 1.29 is 28.9 Å². The van der Waals surface area contributed by atoms with Crippen LogP contribution in [0.2, 0.25) is 0 Å². The Hall–Kier alpha value is -2.71. The monoisotopic (exact) mass is 419 g/mol. The van der Waals surface area contributed by atoms with E-state index in [1.807, 2.05) is 18.2 Å². The SMILES string of the molecule is O=C(CS)OCCC[C@H](OC(=O)Nc1ccccc1)c1ccc(OCCO)cc1. The van der Waals surface area contributed by atoms with Crippen LogP contribution in [0.1, 0.15) is 24.5 Å². The fraction of sp³-hybridized carbons (Fsp3) is 0.333. The number of hydrogen-bond acceptors (Lipinski definition) is 7. The van der Waals surface area contributed by atoms with Gasteiger partial charge in [-0.1, -0.05) is 30.3 Å². The second kappa shape index (κ2) is 12.7. The lowest BCUT2D eigenvalue weighted by Crippen LogP contribution is -2.18. The molecule has 0 saturated carbocycles. The molecule has 2 N–H and O–H groups in total. The first-order chi connectivity index (χ1) is 14.1. The lowest BCUT2D eigenvalue weighted by Gasteiger charge is -2.19. The van der Waals surface area contributed by atoms with Gasteiger partial charge in [-0.3, -0.25) is 10.1 Å². The second-order valence-corrected chi connectivity index (χ2v) is 6.36. The number of rotatable bonds is 11. The first kappa shape index (κ1) is 22.6. The summed E-state index contributed by atoms with van der Waals surface area (Å²) in [5, 5.41) is 11.5. The fourth-order valence-corrected chi connectivity index (χ4v) is 2.63. The Morgan fingerprint density at radius 1 is 1.03 bits per heavy atom. The normalized spacial score (nSPS) is 11.4. The fourth-order valence-electron chi connectivity index (χ4n) is 2.53. The van der Waals surface area contributed by atoms with Gasteiger partial charge in [0.05, 0.1) is 19.0 Å². The zero-order chi connectivity index (χ0) is 20.9. The van der Waals surface area contributed by atoms with E-state index < -0.39 is 18.2 Å². The van der Waals surface area contributed by atoms with Crippen molar-refractivity contribution in [3.8, 4) is 5.75 Å². The van der Waals surface area contributed by atoms with Gasteiger partial charge in [0.1, 0.15) is 18.5 Å². The molecule has 0 heterocycles. The van der Waals surface area contributed by atoms with Crippen LogP contribution >= 0.6 is 12.6 Å². The maximum Gasteiger partial charge on any atom is 0.412 e. The summed E-state index contributed by atoms with van der Waals surface area (Å²) in [6.07, 6.45) is -0.112. The van der Waals surface area contributed by atoms with Gasteiger partial charge >= 0.3 is 12.1 Å². The number of amides is 1. The number of hydrogen-bond donors (Lipinski definition) is 3. The van der Waals surface area contributed by atoms with E-state index in [1.54, 1.807) is 36.4 Å². The van der Waals surface area contributed by atoms with Crippen LogP contribution < -0.4 is 10.1 Å². The standard InChI is InChI=1S/C21H25NO6S/c23-12-14-26-18-10-8-16(9-11-18)19(7-4-13-27-20(24)15-29)28-21(25)22-17-5-2-1-3-6-17/h1-3,5-6,8-11,19,23,29H,4,7,12-15H2,(H,22,25)/t19-/m0/s1. The molecule has 2 aromatic carbocycles. The molecule has 0 spiro atoms. The summed E-state index contributed by atoms with van der Waals surface area (Å²) >= 11 is 3.86. The summed E-state index contributed by atoms with van der Waals surface area (Å²) in [6.45, 7) is 0.352. The van der Waals surface area contributed by atoms with Crippen molar-refractivity contribution in [1.29, 1.82) is 0 Å². The Morgan fingerprint density at radius 3 is 2.41 bits per heavy atom. The average Bonchev–Trinajstić information content (AvgIpc) is 2.75. The van der Waals surface area contributed by atoms with E-state index in [-0.39, 0.29) is 25.6 Å². The van der Waals surface area contributed by atoms with Gasteiger partial charge in [-0.2, -0.15) is 12.6 Å². The van der Waals surface area contributed by atoms with Crippen LogP contribution in [0.4, 0.5) is 10.5 Å². The molecule has 0 aromatic heterocycles. The van der Waals surface area contributed by atoms with Gasteiger partial charge in [0, 0.05) is 5.69 Å². The third-order valence-electron chi connectivity index (χ3n) is 3.88. The molecule has 8 heteroatoms. The maximum absolute atomic E-state index is 12.3. The van der Waals surface area contributed by atoms with E-state index in [0.717, 1.165) is 5.56 Å². The lowest BCUT2D eigenvalue weighted by atomic mass is 10.0. The molecule has 1 atom stereocenters. The molecule has 1 amide bonds.